The topological polar surface area (TPSA) is 26.0 Å². The molecule has 0 aromatic heterocycles. The van der Waals surface area contributed by atoms with E-state index in [0.29, 0.717) is 10.9 Å². The Bertz CT molecular complexity index is 765. The van der Waals surface area contributed by atoms with Crippen LogP contribution < -0.4 is 5.73 Å². The third-order valence-corrected chi connectivity index (χ3v) is 9.01. The van der Waals surface area contributed by atoms with Crippen molar-refractivity contribution in [2.75, 3.05) is 17.8 Å². The first-order valence-corrected chi connectivity index (χ1v) is 16.8. The first-order chi connectivity index (χ1) is 18.2. The van der Waals surface area contributed by atoms with E-state index in [0.717, 1.165) is 0 Å². The number of nitrogens with two attached hydrogens (primary N) is 1. The number of benzene rings is 2. The molecule has 0 atom stereocenters. The van der Waals surface area contributed by atoms with E-state index in [-0.39, 0.29) is 16.9 Å². The average Bonchev–Trinajstić information content (AvgIpc) is 3.48. The summed E-state index contributed by atoms with van der Waals surface area (Å²) in [5.41, 5.74) is 10.0. The van der Waals surface area contributed by atoms with Crippen molar-refractivity contribution in [3.05, 3.63) is 90.6 Å². The van der Waals surface area contributed by atoms with Crippen LogP contribution in [0.2, 0.25) is 0 Å². The fourth-order valence-corrected chi connectivity index (χ4v) is 6.17. The molecule has 0 amide bonds. The summed E-state index contributed by atoms with van der Waals surface area (Å²) in [5, 5.41) is 0. The number of aryl methyl sites for hydroxylation is 2. The molecular formula is C34H59FNS2+. The second-order valence-electron chi connectivity index (χ2n) is 9.09. The smallest absolute Gasteiger partial charge is 0.147 e. The van der Waals surface area contributed by atoms with Crippen molar-refractivity contribution in [2.45, 2.75) is 98.7 Å². The Balaban J connectivity index is -0.000000489. The molecule has 1 heterocycles. The van der Waals surface area contributed by atoms with Crippen LogP contribution in [0.25, 0.3) is 5.57 Å². The molecule has 1 saturated heterocycles. The Kier molecular flexibility index (Phi) is 30.5. The van der Waals surface area contributed by atoms with Crippen LogP contribution in [0.1, 0.15) is 97.3 Å². The van der Waals surface area contributed by atoms with Crippen LogP contribution in [0, 0.1) is 6.92 Å². The van der Waals surface area contributed by atoms with Crippen LogP contribution in [-0.2, 0) is 17.3 Å². The molecule has 0 bridgehead atoms. The van der Waals surface area contributed by atoms with Gasteiger partial charge in [0.2, 0.25) is 0 Å². The Morgan fingerprint density at radius 1 is 0.947 bits per heavy atom. The molecule has 0 saturated carbocycles. The number of hydrogen-bond donors (Lipinski definition) is 1. The summed E-state index contributed by atoms with van der Waals surface area (Å²) in [7, 11) is 0.527. The highest BCUT2D eigenvalue weighted by Crippen LogP contribution is 2.37. The molecule has 0 radical (unpaired) electrons. The minimum atomic E-state index is 0.250. The van der Waals surface area contributed by atoms with Gasteiger partial charge in [-0.25, -0.2) is 0 Å². The minimum Gasteiger partial charge on any atom is -0.405 e. The predicted molar refractivity (Wildman–Crippen MR) is 182 cm³/mol. The molecule has 1 aliphatic heterocycles. The zero-order valence-electron chi connectivity index (χ0n) is 26.1. The molecule has 3 rings (SSSR count). The van der Waals surface area contributed by atoms with Crippen LogP contribution >= 0.6 is 12.1 Å². The molecule has 218 valence electrons. The lowest BCUT2D eigenvalue weighted by atomic mass is 9.95. The highest BCUT2D eigenvalue weighted by atomic mass is 32.2. The van der Waals surface area contributed by atoms with Gasteiger partial charge in [-0.05, 0) is 68.3 Å². The quantitative estimate of drug-likeness (QED) is 0.353. The minimum absolute atomic E-state index is 0.250. The molecule has 1 nitrogen and oxygen atoms in total. The van der Waals surface area contributed by atoms with Crippen molar-refractivity contribution in [1.29, 1.82) is 0 Å². The maximum absolute atomic E-state index is 10.2. The largest absolute Gasteiger partial charge is 0.405 e. The number of rotatable bonds is 6. The van der Waals surface area contributed by atoms with E-state index in [1.54, 1.807) is 0 Å². The monoisotopic (exact) mass is 564 g/mol. The van der Waals surface area contributed by atoms with Gasteiger partial charge in [0.1, 0.15) is 16.3 Å². The van der Waals surface area contributed by atoms with Crippen molar-refractivity contribution in [1.82, 2.24) is 0 Å². The van der Waals surface area contributed by atoms with Gasteiger partial charge in [-0.2, -0.15) is 3.89 Å². The average molecular weight is 565 g/mol. The predicted octanol–water partition coefficient (Wildman–Crippen LogP) is 11.0. The Hall–Kier alpha value is -1.65. The lowest BCUT2D eigenvalue weighted by Crippen LogP contribution is -2.34. The van der Waals surface area contributed by atoms with Crippen molar-refractivity contribution < 1.29 is 3.89 Å². The zero-order chi connectivity index (χ0) is 29.8. The summed E-state index contributed by atoms with van der Waals surface area (Å²) in [4.78, 5) is 0. The van der Waals surface area contributed by atoms with Crippen LogP contribution in [0.15, 0.2) is 74.0 Å². The van der Waals surface area contributed by atoms with Gasteiger partial charge in [-0.1, -0.05) is 127 Å². The van der Waals surface area contributed by atoms with E-state index >= 15 is 0 Å². The van der Waals surface area contributed by atoms with Crippen molar-refractivity contribution >= 4 is 28.6 Å². The lowest BCUT2D eigenvalue weighted by Gasteiger charge is -2.26. The van der Waals surface area contributed by atoms with Crippen molar-refractivity contribution in [3.63, 3.8) is 0 Å². The molecule has 1 fully saturated rings. The second kappa shape index (κ2) is 28.4. The van der Waals surface area contributed by atoms with Gasteiger partial charge in [0.15, 0.2) is 0 Å². The molecule has 2 aromatic rings. The Morgan fingerprint density at radius 2 is 1.37 bits per heavy atom. The Labute approximate surface area is 244 Å². The summed E-state index contributed by atoms with van der Waals surface area (Å²) in [6.45, 7) is 25.0. The highest BCUT2D eigenvalue weighted by molar-refractivity contribution is 7.98. The third kappa shape index (κ3) is 20.3. The first kappa shape index (κ1) is 40.8. The molecule has 2 N–H and O–H groups in total. The normalized spacial score (nSPS) is 11.7. The number of halogens is 1. The maximum atomic E-state index is 10.2. The van der Waals surface area contributed by atoms with Gasteiger partial charge in [-0.3, -0.25) is 0 Å². The maximum Gasteiger partial charge on any atom is 0.147 e. The molecule has 4 heteroatoms. The summed E-state index contributed by atoms with van der Waals surface area (Å²) in [6.07, 6.45) is 10.5. The SMILES string of the molecule is C=C(c1ccc(C)cc1)C(C)(C)[S+]1CCCC1.C=CN.CC.CCCC.CCCc1ccccc1.CSF. The van der Waals surface area contributed by atoms with E-state index in [1.165, 1.54) is 84.7 Å². The van der Waals surface area contributed by atoms with Gasteiger partial charge in [0.25, 0.3) is 0 Å². The highest BCUT2D eigenvalue weighted by Gasteiger charge is 2.43. The van der Waals surface area contributed by atoms with E-state index in [2.05, 4.69) is 115 Å². The first-order valence-electron chi connectivity index (χ1n) is 14.1. The van der Waals surface area contributed by atoms with Gasteiger partial charge in [0, 0.05) is 24.0 Å². The van der Waals surface area contributed by atoms with Gasteiger partial charge in [-0.15, -0.1) is 0 Å². The molecule has 1 aliphatic rings. The van der Waals surface area contributed by atoms with Crippen molar-refractivity contribution in [2.24, 2.45) is 5.73 Å². The summed E-state index contributed by atoms with van der Waals surface area (Å²) >= 11 is 0.250. The number of hydrogen-bond acceptors (Lipinski definition) is 2. The summed E-state index contributed by atoms with van der Waals surface area (Å²) in [5.74, 6) is 2.80. The lowest BCUT2D eigenvalue weighted by molar-refractivity contribution is 0.886. The van der Waals surface area contributed by atoms with Crippen LogP contribution in [0.4, 0.5) is 3.89 Å². The summed E-state index contributed by atoms with van der Waals surface area (Å²) < 4.78 is 10.5. The van der Waals surface area contributed by atoms with Gasteiger partial charge in [0.05, 0.1) is 0 Å². The molecule has 2 aromatic carbocycles. The zero-order valence-corrected chi connectivity index (χ0v) is 27.7. The molecule has 0 spiro atoms. The van der Waals surface area contributed by atoms with E-state index < -0.39 is 0 Å². The van der Waals surface area contributed by atoms with Crippen LogP contribution in [0.5, 0.6) is 0 Å². The molecule has 38 heavy (non-hydrogen) atoms. The molecular weight excluding hydrogens is 506 g/mol. The summed E-state index contributed by atoms with van der Waals surface area (Å²) in [6, 6.07) is 19.4. The standard InChI is InChI=1S/C16H23S.C9H12.C4H10.C2H5N.C2H6.CH3FS/c1-13-7-9-15(10-8-13)14(2)16(3,4)17-11-5-6-12-17;1-2-6-9-7-4-3-5-8-9;1-3-4-2;1-2-3;1-2;1-3-2/h7-10H,2,5-6,11-12H2,1,3-4H3;3-5,7-8H,2,6H2,1H3;3-4H2,1-2H3;2H,1,3H2;1-2H3;1H3/q+1;;;;;. The Morgan fingerprint density at radius 3 is 1.74 bits per heavy atom. The molecule has 0 unspecified atom stereocenters. The third-order valence-electron chi connectivity index (χ3n) is 5.76. The number of unbranched alkanes of at least 4 members (excludes halogenated alkanes) is 1. The fraction of sp³-hybridized carbons (Fsp3) is 0.529. The van der Waals surface area contributed by atoms with Crippen LogP contribution in [-0.4, -0.2) is 22.5 Å². The van der Waals surface area contributed by atoms with E-state index in [4.69, 9.17) is 0 Å². The fourth-order valence-electron chi connectivity index (χ4n) is 3.37. The van der Waals surface area contributed by atoms with E-state index in [1.807, 2.05) is 13.8 Å². The van der Waals surface area contributed by atoms with Crippen LogP contribution in [0.3, 0.4) is 0 Å². The van der Waals surface area contributed by atoms with E-state index in [9.17, 15) is 3.89 Å². The second-order valence-corrected chi connectivity index (χ2v) is 12.2. The van der Waals surface area contributed by atoms with Gasteiger partial charge < -0.3 is 5.73 Å². The molecule has 0 aliphatic carbocycles. The van der Waals surface area contributed by atoms with Gasteiger partial charge >= 0.3 is 0 Å². The van der Waals surface area contributed by atoms with Crippen molar-refractivity contribution in [3.8, 4) is 0 Å².